The van der Waals surface area contributed by atoms with Crippen LogP contribution in [0.3, 0.4) is 0 Å². The molecule has 0 bridgehead atoms. The summed E-state index contributed by atoms with van der Waals surface area (Å²) >= 11 is 0. The van der Waals surface area contributed by atoms with Gasteiger partial charge in [-0.15, -0.1) is 0 Å². The Hall–Kier alpha value is -1.62. The Labute approximate surface area is 68.6 Å². The first-order valence-corrected chi connectivity index (χ1v) is 3.29. The number of benzene rings is 1. The minimum absolute atomic E-state index is 0.0755. The number of nitrogen functional groups attached to an aromatic ring is 1. The number of aliphatic hydroxyl groups is 1. The highest BCUT2D eigenvalue weighted by molar-refractivity contribution is 5.61. The molecule has 5 heteroatoms. The standard InChI is InChI=1S/C7H8N2O3/c8-6-3-1-2-5(4-10)7(6)9(11)12/h1-3,10H,4,8H2. The molecule has 1 rings (SSSR count). The van der Waals surface area contributed by atoms with Gasteiger partial charge in [0, 0.05) is 0 Å². The van der Waals surface area contributed by atoms with Crippen LogP contribution in [0.1, 0.15) is 5.56 Å². The van der Waals surface area contributed by atoms with Crippen molar-refractivity contribution < 1.29 is 10.0 Å². The van der Waals surface area contributed by atoms with Crippen LogP contribution in [0.25, 0.3) is 0 Å². The van der Waals surface area contributed by atoms with E-state index in [1.165, 1.54) is 12.1 Å². The van der Waals surface area contributed by atoms with Gasteiger partial charge in [-0.05, 0) is 12.1 Å². The molecule has 0 aliphatic heterocycles. The van der Waals surface area contributed by atoms with Gasteiger partial charge < -0.3 is 10.8 Å². The second kappa shape index (κ2) is 3.19. The molecule has 0 aliphatic carbocycles. The number of nitro groups is 1. The zero-order chi connectivity index (χ0) is 9.14. The van der Waals surface area contributed by atoms with E-state index < -0.39 is 4.92 Å². The smallest absolute Gasteiger partial charge is 0.297 e. The van der Waals surface area contributed by atoms with Crippen molar-refractivity contribution in [3.8, 4) is 0 Å². The van der Waals surface area contributed by atoms with Gasteiger partial charge in [0.1, 0.15) is 5.69 Å². The number of aliphatic hydroxyl groups excluding tert-OH is 1. The molecule has 5 nitrogen and oxygen atoms in total. The van der Waals surface area contributed by atoms with Crippen molar-refractivity contribution in [2.75, 3.05) is 5.73 Å². The third-order valence-electron chi connectivity index (χ3n) is 1.50. The summed E-state index contributed by atoms with van der Waals surface area (Å²) in [7, 11) is 0. The SMILES string of the molecule is Nc1cccc(CO)c1[N+](=O)[O-]. The topological polar surface area (TPSA) is 89.4 Å². The van der Waals surface area contributed by atoms with Gasteiger partial charge in [0.2, 0.25) is 0 Å². The molecule has 3 N–H and O–H groups in total. The van der Waals surface area contributed by atoms with Crippen LogP contribution in [-0.4, -0.2) is 10.0 Å². The van der Waals surface area contributed by atoms with Crippen LogP contribution in [0.2, 0.25) is 0 Å². The summed E-state index contributed by atoms with van der Waals surface area (Å²) in [5.41, 5.74) is 5.45. The minimum atomic E-state index is -0.596. The number of hydrogen-bond acceptors (Lipinski definition) is 4. The summed E-state index contributed by atoms with van der Waals surface area (Å²) in [6.07, 6.45) is 0. The molecular weight excluding hydrogens is 160 g/mol. The summed E-state index contributed by atoms with van der Waals surface area (Å²) < 4.78 is 0. The third-order valence-corrected chi connectivity index (χ3v) is 1.50. The highest BCUT2D eigenvalue weighted by Gasteiger charge is 2.15. The zero-order valence-electron chi connectivity index (χ0n) is 6.23. The molecule has 0 saturated heterocycles. The second-order valence-electron chi connectivity index (χ2n) is 2.27. The molecule has 1 aromatic carbocycles. The molecule has 64 valence electrons. The number of hydrogen-bond donors (Lipinski definition) is 2. The summed E-state index contributed by atoms with van der Waals surface area (Å²) in [5.74, 6) is 0. The quantitative estimate of drug-likeness (QED) is 0.386. The Morgan fingerprint density at radius 3 is 2.67 bits per heavy atom. The Morgan fingerprint density at radius 1 is 1.58 bits per heavy atom. The predicted molar refractivity (Wildman–Crippen MR) is 43.4 cm³/mol. The first kappa shape index (κ1) is 8.48. The summed E-state index contributed by atoms with van der Waals surface area (Å²) in [6, 6.07) is 4.46. The van der Waals surface area contributed by atoms with E-state index in [1.807, 2.05) is 0 Å². The van der Waals surface area contributed by atoms with Crippen molar-refractivity contribution in [1.82, 2.24) is 0 Å². The van der Waals surface area contributed by atoms with E-state index in [0.717, 1.165) is 0 Å². The highest BCUT2D eigenvalue weighted by atomic mass is 16.6. The number of nitrogens with zero attached hydrogens (tertiary/aromatic N) is 1. The molecule has 0 heterocycles. The molecule has 0 saturated carbocycles. The van der Waals surface area contributed by atoms with Gasteiger partial charge in [-0.2, -0.15) is 0 Å². The average Bonchev–Trinajstić information content (AvgIpc) is 2.03. The largest absolute Gasteiger partial charge is 0.393 e. The van der Waals surface area contributed by atoms with E-state index >= 15 is 0 Å². The van der Waals surface area contributed by atoms with Crippen molar-refractivity contribution in [3.63, 3.8) is 0 Å². The van der Waals surface area contributed by atoms with Gasteiger partial charge in [-0.1, -0.05) is 6.07 Å². The molecule has 1 aromatic rings. The Bertz CT molecular complexity index is 312. The number of para-hydroxylation sites is 1. The fourth-order valence-electron chi connectivity index (χ4n) is 0.961. The molecule has 0 atom stereocenters. The fourth-order valence-corrected chi connectivity index (χ4v) is 0.961. The molecule has 0 amide bonds. The monoisotopic (exact) mass is 168 g/mol. The molecule has 0 spiro atoms. The summed E-state index contributed by atoms with van der Waals surface area (Å²) in [6.45, 7) is -0.374. The summed E-state index contributed by atoms with van der Waals surface area (Å²) in [4.78, 5) is 9.82. The maximum absolute atomic E-state index is 10.4. The zero-order valence-corrected chi connectivity index (χ0v) is 6.23. The Morgan fingerprint density at radius 2 is 2.25 bits per heavy atom. The number of nitro benzene ring substituents is 1. The predicted octanol–water partition coefficient (Wildman–Crippen LogP) is 0.669. The van der Waals surface area contributed by atoms with Crippen molar-refractivity contribution in [2.24, 2.45) is 0 Å². The van der Waals surface area contributed by atoms with Gasteiger partial charge in [-0.25, -0.2) is 0 Å². The van der Waals surface area contributed by atoms with Crippen LogP contribution in [-0.2, 0) is 6.61 Å². The molecular formula is C7H8N2O3. The second-order valence-corrected chi connectivity index (χ2v) is 2.27. The number of rotatable bonds is 2. The van der Waals surface area contributed by atoms with Gasteiger partial charge in [0.25, 0.3) is 5.69 Å². The van der Waals surface area contributed by atoms with E-state index in [9.17, 15) is 10.1 Å². The van der Waals surface area contributed by atoms with Crippen molar-refractivity contribution >= 4 is 11.4 Å². The lowest BCUT2D eigenvalue weighted by Gasteiger charge is -2.00. The minimum Gasteiger partial charge on any atom is -0.393 e. The fraction of sp³-hybridized carbons (Fsp3) is 0.143. The lowest BCUT2D eigenvalue weighted by atomic mass is 10.1. The van der Waals surface area contributed by atoms with Crippen LogP contribution in [0.15, 0.2) is 18.2 Å². The maximum atomic E-state index is 10.4. The number of nitrogens with two attached hydrogens (primary N) is 1. The van der Waals surface area contributed by atoms with Crippen LogP contribution >= 0.6 is 0 Å². The number of anilines is 1. The molecule has 0 fully saturated rings. The maximum Gasteiger partial charge on any atom is 0.297 e. The van der Waals surface area contributed by atoms with E-state index in [0.29, 0.717) is 0 Å². The lowest BCUT2D eigenvalue weighted by molar-refractivity contribution is -0.384. The van der Waals surface area contributed by atoms with E-state index in [4.69, 9.17) is 10.8 Å². The van der Waals surface area contributed by atoms with Gasteiger partial charge >= 0.3 is 0 Å². The van der Waals surface area contributed by atoms with Crippen molar-refractivity contribution in [2.45, 2.75) is 6.61 Å². The van der Waals surface area contributed by atoms with E-state index in [2.05, 4.69) is 0 Å². The normalized spacial score (nSPS) is 9.75. The molecule has 0 aliphatic rings. The molecule has 0 aromatic heterocycles. The highest BCUT2D eigenvalue weighted by Crippen LogP contribution is 2.25. The first-order valence-electron chi connectivity index (χ1n) is 3.29. The van der Waals surface area contributed by atoms with Crippen LogP contribution < -0.4 is 5.73 Å². The van der Waals surface area contributed by atoms with Crippen LogP contribution in [0, 0.1) is 10.1 Å². The first-order chi connectivity index (χ1) is 5.66. The Balaban J connectivity index is 3.29. The Kier molecular flexibility index (Phi) is 2.25. The van der Waals surface area contributed by atoms with Crippen LogP contribution in [0.5, 0.6) is 0 Å². The summed E-state index contributed by atoms with van der Waals surface area (Å²) in [5, 5.41) is 19.1. The van der Waals surface area contributed by atoms with Crippen LogP contribution in [0.4, 0.5) is 11.4 Å². The van der Waals surface area contributed by atoms with E-state index in [1.54, 1.807) is 6.07 Å². The van der Waals surface area contributed by atoms with Gasteiger partial charge in [0.05, 0.1) is 17.1 Å². The van der Waals surface area contributed by atoms with Crippen molar-refractivity contribution in [3.05, 3.63) is 33.9 Å². The van der Waals surface area contributed by atoms with Gasteiger partial charge in [0.15, 0.2) is 0 Å². The van der Waals surface area contributed by atoms with Crippen molar-refractivity contribution in [1.29, 1.82) is 0 Å². The van der Waals surface area contributed by atoms with Gasteiger partial charge in [-0.3, -0.25) is 10.1 Å². The van der Waals surface area contributed by atoms with E-state index in [-0.39, 0.29) is 23.5 Å². The average molecular weight is 168 g/mol. The lowest BCUT2D eigenvalue weighted by Crippen LogP contribution is -1.99. The molecule has 0 radical (unpaired) electrons. The molecule has 0 unspecified atom stereocenters. The molecule has 12 heavy (non-hydrogen) atoms. The third kappa shape index (κ3) is 1.35.